The van der Waals surface area contributed by atoms with Crippen LogP contribution in [0.2, 0.25) is 0 Å². The molecule has 0 atom stereocenters. The third-order valence-corrected chi connectivity index (χ3v) is 3.29. The van der Waals surface area contributed by atoms with Gasteiger partial charge in [-0.05, 0) is 29.8 Å². The molecule has 4 nitrogen and oxygen atoms in total. The van der Waals surface area contributed by atoms with Crippen molar-refractivity contribution in [3.8, 4) is 5.75 Å². The summed E-state index contributed by atoms with van der Waals surface area (Å²) in [6, 6.07) is 15.3. The zero-order valence-corrected chi connectivity index (χ0v) is 12.5. The smallest absolute Gasteiger partial charge is 0.337 e. The van der Waals surface area contributed by atoms with Crippen molar-refractivity contribution in [1.82, 2.24) is 0 Å². The molecule has 2 rings (SSSR count). The van der Waals surface area contributed by atoms with Gasteiger partial charge in [0.2, 0.25) is 0 Å². The molecule has 2 aromatic carbocycles. The molecule has 110 valence electrons. The van der Waals surface area contributed by atoms with Crippen molar-refractivity contribution in [2.75, 3.05) is 26.2 Å². The van der Waals surface area contributed by atoms with Gasteiger partial charge in [-0.2, -0.15) is 0 Å². The Morgan fingerprint density at radius 2 is 1.71 bits per heavy atom. The summed E-state index contributed by atoms with van der Waals surface area (Å²) < 4.78 is 10.1. The molecule has 0 aromatic heterocycles. The number of para-hydroxylation sites is 2. The van der Waals surface area contributed by atoms with Gasteiger partial charge in [0, 0.05) is 13.6 Å². The highest BCUT2D eigenvalue weighted by Gasteiger charge is 2.09. The number of anilines is 1. The van der Waals surface area contributed by atoms with E-state index in [1.54, 1.807) is 19.2 Å². The highest BCUT2D eigenvalue weighted by molar-refractivity contribution is 5.89. The fraction of sp³-hybridized carbons (Fsp3) is 0.235. The summed E-state index contributed by atoms with van der Waals surface area (Å²) in [5.41, 5.74) is 2.69. The van der Waals surface area contributed by atoms with E-state index in [2.05, 4.69) is 4.90 Å². The second kappa shape index (κ2) is 6.79. The average molecular weight is 285 g/mol. The van der Waals surface area contributed by atoms with Gasteiger partial charge in [0.05, 0.1) is 25.5 Å². The molecular weight excluding hydrogens is 266 g/mol. The number of methoxy groups -OCH3 is 2. The lowest BCUT2D eigenvalue weighted by atomic mass is 10.1. The zero-order chi connectivity index (χ0) is 15.2. The van der Waals surface area contributed by atoms with Gasteiger partial charge < -0.3 is 14.4 Å². The van der Waals surface area contributed by atoms with Crippen LogP contribution in [0.5, 0.6) is 5.75 Å². The molecule has 0 amide bonds. The van der Waals surface area contributed by atoms with Gasteiger partial charge in [0.15, 0.2) is 0 Å². The van der Waals surface area contributed by atoms with Gasteiger partial charge in [-0.25, -0.2) is 4.79 Å². The molecule has 0 spiro atoms. The van der Waals surface area contributed by atoms with E-state index in [1.807, 2.05) is 43.4 Å². The number of benzene rings is 2. The first-order valence-electron chi connectivity index (χ1n) is 6.67. The Bertz CT molecular complexity index is 608. The number of carbonyl (C=O) groups excluding carboxylic acids is 1. The molecule has 0 N–H and O–H groups in total. The average Bonchev–Trinajstić information content (AvgIpc) is 2.54. The van der Waals surface area contributed by atoms with Gasteiger partial charge in [0.1, 0.15) is 5.75 Å². The van der Waals surface area contributed by atoms with Gasteiger partial charge in [-0.1, -0.05) is 24.3 Å². The lowest BCUT2D eigenvalue weighted by Gasteiger charge is -2.21. The molecule has 0 aliphatic carbocycles. The third kappa shape index (κ3) is 3.54. The summed E-state index contributed by atoms with van der Waals surface area (Å²) in [5, 5.41) is 0. The summed E-state index contributed by atoms with van der Waals surface area (Å²) in [4.78, 5) is 13.5. The molecular formula is C17H19NO3. The maximum atomic E-state index is 11.4. The van der Waals surface area contributed by atoms with Crippen molar-refractivity contribution in [3.63, 3.8) is 0 Å². The lowest BCUT2D eigenvalue weighted by molar-refractivity contribution is 0.0600. The van der Waals surface area contributed by atoms with Crippen LogP contribution in [-0.4, -0.2) is 27.2 Å². The highest BCUT2D eigenvalue weighted by atomic mass is 16.5. The molecule has 0 unspecified atom stereocenters. The molecule has 0 saturated heterocycles. The Labute approximate surface area is 124 Å². The third-order valence-electron chi connectivity index (χ3n) is 3.29. The summed E-state index contributed by atoms with van der Waals surface area (Å²) >= 11 is 0. The normalized spacial score (nSPS) is 10.0. The Morgan fingerprint density at radius 1 is 1.05 bits per heavy atom. The number of ether oxygens (including phenoxy) is 2. The number of nitrogens with zero attached hydrogens (tertiary/aromatic N) is 1. The van der Waals surface area contributed by atoms with Gasteiger partial charge >= 0.3 is 5.97 Å². The largest absolute Gasteiger partial charge is 0.495 e. The van der Waals surface area contributed by atoms with Crippen molar-refractivity contribution in [1.29, 1.82) is 0 Å². The van der Waals surface area contributed by atoms with Crippen LogP contribution in [0.1, 0.15) is 15.9 Å². The predicted molar refractivity (Wildman–Crippen MR) is 82.9 cm³/mol. The zero-order valence-electron chi connectivity index (χ0n) is 12.5. The van der Waals surface area contributed by atoms with Crippen molar-refractivity contribution in [3.05, 3.63) is 59.7 Å². The van der Waals surface area contributed by atoms with E-state index in [1.165, 1.54) is 7.11 Å². The molecule has 0 aliphatic heterocycles. The van der Waals surface area contributed by atoms with E-state index in [0.29, 0.717) is 5.56 Å². The number of esters is 1. The molecule has 0 saturated carbocycles. The predicted octanol–water partition coefficient (Wildman–Crippen LogP) is 3.12. The maximum absolute atomic E-state index is 11.4. The number of rotatable bonds is 5. The standard InChI is InChI=1S/C17H19NO3/c1-18(15-6-4-5-7-16(15)20-2)12-13-8-10-14(11-9-13)17(19)21-3/h4-11H,12H2,1-3H3. The summed E-state index contributed by atoms with van der Waals surface area (Å²) in [7, 11) is 5.05. The number of carbonyl (C=O) groups is 1. The van der Waals surface area contributed by atoms with E-state index in [4.69, 9.17) is 9.47 Å². The molecule has 0 aliphatic rings. The second-order valence-corrected chi connectivity index (χ2v) is 4.72. The first kappa shape index (κ1) is 14.9. The van der Waals surface area contributed by atoms with E-state index in [0.717, 1.165) is 23.5 Å². The van der Waals surface area contributed by atoms with E-state index < -0.39 is 0 Å². The maximum Gasteiger partial charge on any atom is 0.337 e. The molecule has 0 heterocycles. The van der Waals surface area contributed by atoms with Crippen LogP contribution in [0, 0.1) is 0 Å². The van der Waals surface area contributed by atoms with Crippen molar-refractivity contribution in [2.24, 2.45) is 0 Å². The molecule has 21 heavy (non-hydrogen) atoms. The Morgan fingerprint density at radius 3 is 2.33 bits per heavy atom. The monoisotopic (exact) mass is 285 g/mol. The Hall–Kier alpha value is -2.49. The number of hydrogen-bond donors (Lipinski definition) is 0. The van der Waals surface area contributed by atoms with Crippen LogP contribution in [0.3, 0.4) is 0 Å². The van der Waals surface area contributed by atoms with Crippen LogP contribution >= 0.6 is 0 Å². The molecule has 2 aromatic rings. The minimum absolute atomic E-state index is 0.320. The van der Waals surface area contributed by atoms with Crippen molar-refractivity contribution in [2.45, 2.75) is 6.54 Å². The van der Waals surface area contributed by atoms with Crippen molar-refractivity contribution >= 4 is 11.7 Å². The van der Waals surface area contributed by atoms with Crippen LogP contribution < -0.4 is 9.64 Å². The van der Waals surface area contributed by atoms with Gasteiger partial charge in [-0.3, -0.25) is 0 Å². The minimum Gasteiger partial charge on any atom is -0.495 e. The molecule has 0 fully saturated rings. The Balaban J connectivity index is 2.12. The van der Waals surface area contributed by atoms with Crippen LogP contribution in [-0.2, 0) is 11.3 Å². The summed E-state index contributed by atoms with van der Waals surface area (Å²) in [6.07, 6.45) is 0. The van der Waals surface area contributed by atoms with Gasteiger partial charge in [-0.15, -0.1) is 0 Å². The first-order valence-corrected chi connectivity index (χ1v) is 6.67. The quantitative estimate of drug-likeness (QED) is 0.791. The van der Waals surface area contributed by atoms with E-state index >= 15 is 0 Å². The van der Waals surface area contributed by atoms with Crippen LogP contribution in [0.15, 0.2) is 48.5 Å². The fourth-order valence-corrected chi connectivity index (χ4v) is 2.17. The molecule has 4 heteroatoms. The van der Waals surface area contributed by atoms with Gasteiger partial charge in [0.25, 0.3) is 0 Å². The minimum atomic E-state index is -0.320. The second-order valence-electron chi connectivity index (χ2n) is 4.72. The van der Waals surface area contributed by atoms with Crippen molar-refractivity contribution < 1.29 is 14.3 Å². The van der Waals surface area contributed by atoms with E-state index in [-0.39, 0.29) is 5.97 Å². The highest BCUT2D eigenvalue weighted by Crippen LogP contribution is 2.27. The Kier molecular flexibility index (Phi) is 4.82. The fourth-order valence-electron chi connectivity index (χ4n) is 2.17. The van der Waals surface area contributed by atoms with Crippen LogP contribution in [0.25, 0.3) is 0 Å². The SMILES string of the molecule is COC(=O)c1ccc(CN(C)c2ccccc2OC)cc1. The lowest BCUT2D eigenvalue weighted by Crippen LogP contribution is -2.17. The molecule has 0 radical (unpaired) electrons. The van der Waals surface area contributed by atoms with Crippen LogP contribution in [0.4, 0.5) is 5.69 Å². The number of hydrogen-bond acceptors (Lipinski definition) is 4. The summed E-state index contributed by atoms with van der Waals surface area (Å²) in [5.74, 6) is 0.519. The molecule has 0 bridgehead atoms. The summed E-state index contributed by atoms with van der Waals surface area (Å²) in [6.45, 7) is 0.724. The topological polar surface area (TPSA) is 38.8 Å². The first-order chi connectivity index (χ1) is 10.2. The van der Waals surface area contributed by atoms with E-state index in [9.17, 15) is 4.79 Å².